The van der Waals surface area contributed by atoms with E-state index in [1.165, 1.54) is 42.5 Å². The number of nitrogens with two attached hydrogens (primary N) is 1. The summed E-state index contributed by atoms with van der Waals surface area (Å²) in [6.45, 7) is 0. The third-order valence-electron chi connectivity index (χ3n) is 2.64. The molecule has 0 fully saturated rings. The number of rotatable bonds is 4. The Morgan fingerprint density at radius 1 is 1.14 bits per heavy atom. The third kappa shape index (κ3) is 3.45. The van der Waals surface area contributed by atoms with Crippen molar-refractivity contribution in [3.63, 3.8) is 0 Å². The summed E-state index contributed by atoms with van der Waals surface area (Å²) in [6.07, 6.45) is 0. The lowest BCUT2D eigenvalue weighted by atomic mass is 10.1. The summed E-state index contributed by atoms with van der Waals surface area (Å²) in [5.74, 6) is -1.26. The highest BCUT2D eigenvalue weighted by molar-refractivity contribution is 7.92. The van der Waals surface area contributed by atoms with E-state index >= 15 is 0 Å². The highest BCUT2D eigenvalue weighted by Gasteiger charge is 2.18. The van der Waals surface area contributed by atoms with E-state index in [9.17, 15) is 13.2 Å². The maximum Gasteiger partial charge on any atom is 0.337 e. The first-order valence-electron chi connectivity index (χ1n) is 5.71. The fourth-order valence-corrected chi connectivity index (χ4v) is 2.85. The molecule has 0 spiro atoms. The first-order valence-corrected chi connectivity index (χ1v) is 7.57. The number of hydrogen-bond acceptors (Lipinski definition) is 4. The Morgan fingerprint density at radius 2 is 1.76 bits per heavy atom. The lowest BCUT2D eigenvalue weighted by molar-refractivity contribution is 0.0698. The zero-order chi connectivity index (χ0) is 15.6. The van der Waals surface area contributed by atoms with Crippen molar-refractivity contribution in [3.05, 3.63) is 53.1 Å². The van der Waals surface area contributed by atoms with Gasteiger partial charge in [-0.2, -0.15) is 0 Å². The van der Waals surface area contributed by atoms with Crippen LogP contribution in [-0.2, 0) is 10.0 Å². The Bertz CT molecular complexity index is 788. The SMILES string of the molecule is Nc1ccc(C(=O)O)c(NS(=O)(=O)c2ccc(Cl)cc2)c1. The predicted molar refractivity (Wildman–Crippen MR) is 80.1 cm³/mol. The number of carboxylic acid groups (broad SMARTS) is 1. The second-order valence-electron chi connectivity index (χ2n) is 4.17. The summed E-state index contributed by atoms with van der Waals surface area (Å²) in [5, 5.41) is 9.46. The van der Waals surface area contributed by atoms with Gasteiger partial charge in [0.2, 0.25) is 0 Å². The second-order valence-corrected chi connectivity index (χ2v) is 6.29. The molecule has 0 radical (unpaired) electrons. The molecule has 0 aromatic heterocycles. The number of sulfonamides is 1. The van der Waals surface area contributed by atoms with E-state index in [1.54, 1.807) is 0 Å². The van der Waals surface area contributed by atoms with Gasteiger partial charge in [-0.25, -0.2) is 13.2 Å². The standard InChI is InChI=1S/C13H11ClN2O4S/c14-8-1-4-10(5-2-8)21(19,20)16-12-7-9(15)3-6-11(12)13(17)18/h1-7,16H,15H2,(H,17,18). The molecular weight excluding hydrogens is 316 g/mol. The number of carbonyl (C=O) groups is 1. The van der Waals surface area contributed by atoms with E-state index in [4.69, 9.17) is 22.4 Å². The van der Waals surface area contributed by atoms with Crippen LogP contribution in [0.3, 0.4) is 0 Å². The molecule has 0 aliphatic carbocycles. The highest BCUT2D eigenvalue weighted by Crippen LogP contribution is 2.23. The molecule has 6 nitrogen and oxygen atoms in total. The molecule has 21 heavy (non-hydrogen) atoms. The molecule has 0 aliphatic rings. The number of anilines is 2. The van der Waals surface area contributed by atoms with Gasteiger partial charge in [0.1, 0.15) is 0 Å². The van der Waals surface area contributed by atoms with Crippen LogP contribution in [0.2, 0.25) is 5.02 Å². The molecule has 8 heteroatoms. The van der Waals surface area contributed by atoms with Crippen LogP contribution >= 0.6 is 11.6 Å². The van der Waals surface area contributed by atoms with Gasteiger partial charge < -0.3 is 10.8 Å². The first-order chi connectivity index (χ1) is 9.79. The van der Waals surface area contributed by atoms with E-state index in [-0.39, 0.29) is 21.8 Å². The average Bonchev–Trinajstić information content (AvgIpc) is 2.38. The number of benzene rings is 2. The van der Waals surface area contributed by atoms with Crippen molar-refractivity contribution in [3.8, 4) is 0 Å². The van der Waals surface area contributed by atoms with E-state index in [1.807, 2.05) is 0 Å². The van der Waals surface area contributed by atoms with Crippen molar-refractivity contribution in [1.82, 2.24) is 0 Å². The Morgan fingerprint density at radius 3 is 2.33 bits per heavy atom. The molecule has 2 aromatic carbocycles. The van der Waals surface area contributed by atoms with E-state index in [2.05, 4.69) is 4.72 Å². The van der Waals surface area contributed by atoms with Crippen LogP contribution in [-0.4, -0.2) is 19.5 Å². The fraction of sp³-hybridized carbons (Fsp3) is 0. The van der Waals surface area contributed by atoms with E-state index in [0.717, 1.165) is 0 Å². The van der Waals surface area contributed by atoms with Gasteiger partial charge >= 0.3 is 5.97 Å². The fourth-order valence-electron chi connectivity index (χ4n) is 1.65. The first kappa shape index (κ1) is 15.1. The number of nitrogens with one attached hydrogen (secondary N) is 1. The van der Waals surface area contributed by atoms with Crippen molar-refractivity contribution in [2.24, 2.45) is 0 Å². The lowest BCUT2D eigenvalue weighted by Gasteiger charge is -2.11. The Kier molecular flexibility index (Phi) is 4.06. The van der Waals surface area contributed by atoms with Gasteiger partial charge in [-0.1, -0.05) is 11.6 Å². The number of aromatic carboxylic acids is 1. The minimum Gasteiger partial charge on any atom is -0.478 e. The topological polar surface area (TPSA) is 109 Å². The van der Waals surface area contributed by atoms with E-state index in [0.29, 0.717) is 5.02 Å². The second kappa shape index (κ2) is 5.63. The molecular formula is C13H11ClN2O4S. The zero-order valence-electron chi connectivity index (χ0n) is 10.6. The summed E-state index contributed by atoms with van der Waals surface area (Å²) in [5.41, 5.74) is 5.51. The smallest absolute Gasteiger partial charge is 0.337 e. The zero-order valence-corrected chi connectivity index (χ0v) is 12.1. The molecule has 2 aromatic rings. The normalized spacial score (nSPS) is 11.1. The highest BCUT2D eigenvalue weighted by atomic mass is 35.5. The van der Waals surface area contributed by atoms with Gasteiger partial charge in [-0.3, -0.25) is 4.72 Å². The van der Waals surface area contributed by atoms with Crippen LogP contribution in [0.5, 0.6) is 0 Å². The van der Waals surface area contributed by atoms with Crippen molar-refractivity contribution < 1.29 is 18.3 Å². The number of carboxylic acids is 1. The molecule has 0 atom stereocenters. The average molecular weight is 327 g/mol. The minimum absolute atomic E-state index is 0.0364. The van der Waals surface area contributed by atoms with Crippen molar-refractivity contribution in [1.29, 1.82) is 0 Å². The number of nitrogen functional groups attached to an aromatic ring is 1. The maximum atomic E-state index is 12.2. The van der Waals surface area contributed by atoms with Crippen molar-refractivity contribution in [2.75, 3.05) is 10.5 Å². The van der Waals surface area contributed by atoms with Crippen LogP contribution < -0.4 is 10.5 Å². The van der Waals surface area contributed by atoms with Crippen molar-refractivity contribution in [2.45, 2.75) is 4.90 Å². The van der Waals surface area contributed by atoms with Gasteiger partial charge in [0.15, 0.2) is 0 Å². The summed E-state index contributed by atoms with van der Waals surface area (Å²) >= 11 is 5.70. The Balaban J connectivity index is 2.43. The van der Waals surface area contributed by atoms with Crippen LogP contribution in [0.1, 0.15) is 10.4 Å². The molecule has 0 saturated carbocycles. The summed E-state index contributed by atoms with van der Waals surface area (Å²) in [6, 6.07) is 9.34. The molecule has 0 bridgehead atoms. The molecule has 110 valence electrons. The number of hydrogen-bond donors (Lipinski definition) is 3. The quantitative estimate of drug-likeness (QED) is 0.747. The van der Waals surface area contributed by atoms with E-state index < -0.39 is 16.0 Å². The maximum absolute atomic E-state index is 12.2. The van der Waals surface area contributed by atoms with Gasteiger partial charge in [-0.15, -0.1) is 0 Å². The van der Waals surface area contributed by atoms with Crippen LogP contribution in [0.25, 0.3) is 0 Å². The molecule has 0 amide bonds. The Labute approximate surface area is 126 Å². The van der Waals surface area contributed by atoms with Gasteiger partial charge in [0.25, 0.3) is 10.0 Å². The van der Waals surface area contributed by atoms with Gasteiger partial charge in [-0.05, 0) is 42.5 Å². The van der Waals surface area contributed by atoms with Crippen LogP contribution in [0, 0.1) is 0 Å². The van der Waals surface area contributed by atoms with Gasteiger partial charge in [0, 0.05) is 10.7 Å². The number of halogens is 1. The lowest BCUT2D eigenvalue weighted by Crippen LogP contribution is -2.15. The molecule has 4 N–H and O–H groups in total. The molecule has 0 unspecified atom stereocenters. The van der Waals surface area contributed by atoms with Gasteiger partial charge in [0.05, 0.1) is 16.1 Å². The van der Waals surface area contributed by atoms with Crippen LogP contribution in [0.15, 0.2) is 47.4 Å². The minimum atomic E-state index is -3.93. The molecule has 0 heterocycles. The van der Waals surface area contributed by atoms with Crippen molar-refractivity contribution >= 4 is 39.0 Å². The Hall–Kier alpha value is -2.25. The van der Waals surface area contributed by atoms with Crippen LogP contribution in [0.4, 0.5) is 11.4 Å². The molecule has 0 saturated heterocycles. The monoisotopic (exact) mass is 326 g/mol. The summed E-state index contributed by atoms with van der Waals surface area (Å²) in [7, 11) is -3.93. The third-order valence-corrected chi connectivity index (χ3v) is 4.28. The largest absolute Gasteiger partial charge is 0.478 e. The molecule has 2 rings (SSSR count). The summed E-state index contributed by atoms with van der Waals surface area (Å²) < 4.78 is 26.6. The predicted octanol–water partition coefficient (Wildman–Crippen LogP) is 2.42. The summed E-state index contributed by atoms with van der Waals surface area (Å²) in [4.78, 5) is 11.1. The molecule has 0 aliphatic heterocycles.